The van der Waals surface area contributed by atoms with E-state index < -0.39 is 13.9 Å². The number of aromatic nitrogens is 3. The maximum absolute atomic E-state index is 14.6. The van der Waals surface area contributed by atoms with E-state index in [2.05, 4.69) is 39.5 Å². The van der Waals surface area contributed by atoms with Gasteiger partial charge in [0.15, 0.2) is 11.0 Å². The highest BCUT2D eigenvalue weighted by molar-refractivity contribution is 6.76. The van der Waals surface area contributed by atoms with Crippen LogP contribution >= 0.6 is 23.2 Å². The zero-order chi connectivity index (χ0) is 22.3. The lowest BCUT2D eigenvalue weighted by molar-refractivity contribution is 0.0842. The second-order valence-electron chi connectivity index (χ2n) is 9.42. The highest BCUT2D eigenvalue weighted by Crippen LogP contribution is 2.37. The van der Waals surface area contributed by atoms with Crippen molar-refractivity contribution in [2.75, 3.05) is 24.6 Å². The molecule has 2 atom stereocenters. The average molecular weight is 486 g/mol. The van der Waals surface area contributed by atoms with Gasteiger partial charge >= 0.3 is 6.09 Å². The molecule has 11 heteroatoms. The maximum atomic E-state index is 14.6. The number of pyridine rings is 1. The fourth-order valence-electron chi connectivity index (χ4n) is 4.33. The number of hydrogen-bond donors (Lipinski definition) is 0. The Morgan fingerprint density at radius 2 is 1.90 bits per heavy atom. The quantitative estimate of drug-likeness (QED) is 0.345. The van der Waals surface area contributed by atoms with Gasteiger partial charge in [0.05, 0.1) is 12.0 Å². The van der Waals surface area contributed by atoms with E-state index in [1.807, 2.05) is 0 Å². The summed E-state index contributed by atoms with van der Waals surface area (Å²) in [5, 5.41) is 0.170. The number of hydrogen-bond acceptors (Lipinski definition) is 6. The van der Waals surface area contributed by atoms with E-state index in [9.17, 15) is 9.18 Å². The minimum Gasteiger partial charge on any atom is -0.450 e. The topological polar surface area (TPSA) is 71.5 Å². The molecule has 168 valence electrons. The van der Waals surface area contributed by atoms with Crippen molar-refractivity contribution >= 4 is 54.1 Å². The van der Waals surface area contributed by atoms with Crippen molar-refractivity contribution in [2.45, 2.75) is 57.0 Å². The Hall–Kier alpha value is -1.71. The fraction of sp³-hybridized carbons (Fsp3) is 0.600. The Labute approximate surface area is 191 Å². The van der Waals surface area contributed by atoms with Gasteiger partial charge < -0.3 is 14.5 Å². The normalized spacial score (nSPS) is 21.5. The smallest absolute Gasteiger partial charge is 0.409 e. The number of carbonyl (C=O) groups is 1. The molecule has 1 amide bonds. The zero-order valence-electron chi connectivity index (χ0n) is 17.9. The number of fused-ring (bicyclic) bond motifs is 3. The second kappa shape index (κ2) is 8.67. The number of carbonyl (C=O) groups excluding carboxylic acids is 1. The van der Waals surface area contributed by atoms with Crippen LogP contribution < -0.4 is 4.90 Å². The first-order valence-electron chi connectivity index (χ1n) is 10.5. The zero-order valence-corrected chi connectivity index (χ0v) is 20.4. The van der Waals surface area contributed by atoms with Gasteiger partial charge in [0.2, 0.25) is 5.28 Å². The first-order valence-corrected chi connectivity index (χ1v) is 15.0. The molecular formula is C20H26Cl2FN5O2Si. The molecule has 4 heterocycles. The summed E-state index contributed by atoms with van der Waals surface area (Å²) in [6.07, 6.45) is 4.06. The van der Waals surface area contributed by atoms with Gasteiger partial charge in [0.1, 0.15) is 11.3 Å². The van der Waals surface area contributed by atoms with Crippen LogP contribution in [0.1, 0.15) is 19.3 Å². The minimum atomic E-state index is -1.27. The molecule has 2 aromatic heterocycles. The Balaban J connectivity index is 1.58. The van der Waals surface area contributed by atoms with E-state index in [1.165, 1.54) is 6.20 Å². The Morgan fingerprint density at radius 1 is 1.23 bits per heavy atom. The van der Waals surface area contributed by atoms with Gasteiger partial charge in [0.25, 0.3) is 0 Å². The largest absolute Gasteiger partial charge is 0.450 e. The molecule has 0 unspecified atom stereocenters. The molecular weight excluding hydrogens is 460 g/mol. The number of ether oxygens (including phenoxy) is 1. The standard InChI is InChI=1S/C20H26Cl2FN5O2Si/c1-31(2,3)8-7-30-20(29)27-10-12-5-4-6-13(11-27)28(12)18-14-9-24-17(21)15(23)16(14)25-19(22)26-18/h9,12-13H,4-8,10-11H2,1-3H3/t12-,13+. The predicted molar refractivity (Wildman–Crippen MR) is 122 cm³/mol. The number of likely N-dealkylation sites (tertiary alicyclic amines) is 1. The van der Waals surface area contributed by atoms with Gasteiger partial charge in [-0.25, -0.2) is 19.2 Å². The average Bonchev–Trinajstić information content (AvgIpc) is 2.68. The van der Waals surface area contributed by atoms with E-state index in [1.54, 1.807) is 4.90 Å². The molecule has 0 saturated carbocycles. The minimum absolute atomic E-state index is 0.0324. The highest BCUT2D eigenvalue weighted by atomic mass is 35.5. The summed E-state index contributed by atoms with van der Waals surface area (Å²) in [5.74, 6) is -0.168. The summed E-state index contributed by atoms with van der Waals surface area (Å²) >= 11 is 12.0. The Bertz CT molecular complexity index is 992. The lowest BCUT2D eigenvalue weighted by atomic mass is 9.91. The Kier molecular flexibility index (Phi) is 6.29. The van der Waals surface area contributed by atoms with E-state index in [4.69, 9.17) is 27.9 Å². The SMILES string of the molecule is C[Si](C)(C)CCOC(=O)N1C[C@H]2CCC[C@@H](C1)N2c1nc(Cl)nc2c(F)c(Cl)ncc12. The lowest BCUT2D eigenvalue weighted by Crippen LogP contribution is -2.62. The summed E-state index contributed by atoms with van der Waals surface area (Å²) in [5.41, 5.74) is 0.0567. The van der Waals surface area contributed by atoms with Crippen LogP contribution in [0.25, 0.3) is 10.9 Å². The first-order chi connectivity index (χ1) is 14.6. The van der Waals surface area contributed by atoms with E-state index in [0.29, 0.717) is 30.9 Å². The van der Waals surface area contributed by atoms with E-state index in [-0.39, 0.29) is 34.1 Å². The number of rotatable bonds is 4. The molecule has 4 rings (SSSR count). The molecule has 0 radical (unpaired) electrons. The molecule has 2 saturated heterocycles. The third-order valence-electron chi connectivity index (χ3n) is 5.90. The van der Waals surface area contributed by atoms with E-state index >= 15 is 0 Å². The molecule has 2 aliphatic rings. The molecule has 0 N–H and O–H groups in total. The predicted octanol–water partition coefficient (Wildman–Crippen LogP) is 4.99. The Morgan fingerprint density at radius 3 is 2.55 bits per heavy atom. The number of anilines is 1. The van der Waals surface area contributed by atoms with Gasteiger partial charge in [-0.2, -0.15) is 4.98 Å². The number of piperidine rings is 1. The van der Waals surface area contributed by atoms with Crippen LogP contribution in [0.5, 0.6) is 0 Å². The van der Waals surface area contributed by atoms with Gasteiger partial charge in [-0.1, -0.05) is 31.2 Å². The molecule has 31 heavy (non-hydrogen) atoms. The van der Waals surface area contributed by atoms with Crippen LogP contribution in [0.3, 0.4) is 0 Å². The van der Waals surface area contributed by atoms with Crippen molar-refractivity contribution in [1.29, 1.82) is 0 Å². The van der Waals surface area contributed by atoms with Crippen molar-refractivity contribution in [3.8, 4) is 0 Å². The summed E-state index contributed by atoms with van der Waals surface area (Å²) in [6, 6.07) is 1.01. The fourth-order valence-corrected chi connectivity index (χ4v) is 5.34. The van der Waals surface area contributed by atoms with Crippen molar-refractivity contribution < 1.29 is 13.9 Å². The molecule has 0 aromatic carbocycles. The highest BCUT2D eigenvalue weighted by Gasteiger charge is 2.41. The number of piperazine rings is 1. The summed E-state index contributed by atoms with van der Waals surface area (Å²) in [6.45, 7) is 8.27. The molecule has 7 nitrogen and oxygen atoms in total. The summed E-state index contributed by atoms with van der Waals surface area (Å²) in [4.78, 5) is 29.0. The molecule has 2 bridgehead atoms. The van der Waals surface area contributed by atoms with E-state index in [0.717, 1.165) is 25.3 Å². The number of halogens is 3. The third-order valence-corrected chi connectivity index (χ3v) is 8.04. The van der Waals surface area contributed by atoms with Gasteiger partial charge in [-0.15, -0.1) is 0 Å². The molecule has 2 fully saturated rings. The van der Waals surface area contributed by atoms with Crippen molar-refractivity contribution in [3.63, 3.8) is 0 Å². The van der Waals surface area contributed by atoms with Gasteiger partial charge in [0, 0.05) is 39.4 Å². The molecule has 2 aromatic rings. The third kappa shape index (κ3) is 4.73. The van der Waals surface area contributed by atoms with Crippen LogP contribution in [0.2, 0.25) is 36.1 Å². The number of nitrogens with zero attached hydrogens (tertiary/aromatic N) is 5. The summed E-state index contributed by atoms with van der Waals surface area (Å²) < 4.78 is 20.1. The van der Waals surface area contributed by atoms with Crippen LogP contribution in [0, 0.1) is 5.82 Å². The number of amides is 1. The molecule has 0 aliphatic carbocycles. The first kappa shape index (κ1) is 22.5. The van der Waals surface area contributed by atoms with Crippen LogP contribution in [-0.2, 0) is 4.74 Å². The molecule has 0 spiro atoms. The molecule has 2 aliphatic heterocycles. The van der Waals surface area contributed by atoms with Crippen LogP contribution in [-0.4, -0.2) is 65.8 Å². The van der Waals surface area contributed by atoms with Crippen molar-refractivity contribution in [3.05, 3.63) is 22.5 Å². The maximum Gasteiger partial charge on any atom is 0.409 e. The van der Waals surface area contributed by atoms with Gasteiger partial charge in [-0.3, -0.25) is 0 Å². The van der Waals surface area contributed by atoms with Crippen LogP contribution in [0.4, 0.5) is 15.0 Å². The van der Waals surface area contributed by atoms with Crippen LogP contribution in [0.15, 0.2) is 6.20 Å². The summed E-state index contributed by atoms with van der Waals surface area (Å²) in [7, 11) is -1.27. The van der Waals surface area contributed by atoms with Crippen molar-refractivity contribution in [1.82, 2.24) is 19.9 Å². The van der Waals surface area contributed by atoms with Crippen molar-refractivity contribution in [2.24, 2.45) is 0 Å². The second-order valence-corrected chi connectivity index (χ2v) is 15.7. The monoisotopic (exact) mass is 485 g/mol. The lowest BCUT2D eigenvalue weighted by Gasteiger charge is -2.50. The van der Waals surface area contributed by atoms with Gasteiger partial charge in [-0.05, 0) is 36.9 Å².